The average molecular weight is 518 g/mol. The molecule has 180 valence electrons. The van der Waals surface area contributed by atoms with Crippen molar-refractivity contribution in [2.45, 2.75) is 40.2 Å². The van der Waals surface area contributed by atoms with Crippen LogP contribution in [0.25, 0.3) is 0 Å². The first kappa shape index (κ1) is 26.9. The first-order chi connectivity index (χ1) is 15.4. The maximum atomic E-state index is 13.2. The van der Waals surface area contributed by atoms with E-state index in [0.717, 1.165) is 49.3 Å². The van der Waals surface area contributed by atoms with E-state index < -0.39 is 0 Å². The summed E-state index contributed by atoms with van der Waals surface area (Å²) >= 11 is 0. The van der Waals surface area contributed by atoms with Crippen molar-refractivity contribution in [3.63, 3.8) is 0 Å². The SMILES string of the molecule is CCCOC(=O)N1CCC[N+](CC(=O)Nc2c(C)cccc2C)(Cc2ccccc2)CC1.[Br-]. The van der Waals surface area contributed by atoms with E-state index >= 15 is 0 Å². The molecule has 2 aromatic carbocycles. The van der Waals surface area contributed by atoms with Gasteiger partial charge in [-0.15, -0.1) is 0 Å². The lowest BCUT2D eigenvalue weighted by molar-refractivity contribution is -0.931. The van der Waals surface area contributed by atoms with E-state index in [4.69, 9.17) is 4.74 Å². The minimum atomic E-state index is -0.244. The number of aryl methyl sites for hydroxylation is 2. The zero-order chi connectivity index (χ0) is 23.0. The minimum Gasteiger partial charge on any atom is -1.00 e. The summed E-state index contributed by atoms with van der Waals surface area (Å²) in [5, 5.41) is 3.16. The molecule has 1 saturated heterocycles. The molecular formula is C26H36BrN3O3. The van der Waals surface area contributed by atoms with Gasteiger partial charge in [0.15, 0.2) is 6.54 Å². The minimum absolute atomic E-state index is 0. The van der Waals surface area contributed by atoms with Gasteiger partial charge < -0.3 is 36.4 Å². The molecule has 3 rings (SSSR count). The van der Waals surface area contributed by atoms with Gasteiger partial charge in [0.05, 0.1) is 26.2 Å². The zero-order valence-corrected chi connectivity index (χ0v) is 21.6. The fourth-order valence-corrected chi connectivity index (χ4v) is 4.45. The van der Waals surface area contributed by atoms with Crippen LogP contribution in [0.1, 0.15) is 36.5 Å². The number of quaternary nitrogens is 1. The number of rotatable bonds is 7. The molecule has 0 spiro atoms. The summed E-state index contributed by atoms with van der Waals surface area (Å²) in [6.07, 6.45) is 1.41. The van der Waals surface area contributed by atoms with Gasteiger partial charge in [0, 0.05) is 24.2 Å². The van der Waals surface area contributed by atoms with Crippen LogP contribution in [0.15, 0.2) is 48.5 Å². The number of carbonyl (C=O) groups excluding carboxylic acids is 2. The van der Waals surface area contributed by atoms with E-state index in [1.165, 1.54) is 5.56 Å². The Morgan fingerprint density at radius 3 is 2.36 bits per heavy atom. The van der Waals surface area contributed by atoms with Crippen LogP contribution < -0.4 is 22.3 Å². The smallest absolute Gasteiger partial charge is 0.409 e. The molecule has 1 unspecified atom stereocenters. The third-order valence-electron chi connectivity index (χ3n) is 6.18. The molecule has 1 fully saturated rings. The predicted octanol–water partition coefficient (Wildman–Crippen LogP) is 1.52. The maximum Gasteiger partial charge on any atom is 0.409 e. The Labute approximate surface area is 208 Å². The number of para-hydroxylation sites is 1. The molecule has 6 nitrogen and oxygen atoms in total. The van der Waals surface area contributed by atoms with Crippen molar-refractivity contribution < 1.29 is 35.8 Å². The topological polar surface area (TPSA) is 58.6 Å². The molecule has 0 radical (unpaired) electrons. The molecule has 1 aliphatic rings. The quantitative estimate of drug-likeness (QED) is 0.566. The lowest BCUT2D eigenvalue weighted by Gasteiger charge is -2.37. The largest absolute Gasteiger partial charge is 1.00 e. The number of nitrogens with zero attached hydrogens (tertiary/aromatic N) is 2. The van der Waals surface area contributed by atoms with E-state index in [9.17, 15) is 9.59 Å². The van der Waals surface area contributed by atoms with Crippen molar-refractivity contribution in [1.82, 2.24) is 4.90 Å². The lowest BCUT2D eigenvalue weighted by Crippen LogP contribution is -3.00. The Morgan fingerprint density at radius 2 is 1.70 bits per heavy atom. The third-order valence-corrected chi connectivity index (χ3v) is 6.18. The van der Waals surface area contributed by atoms with Crippen molar-refractivity contribution in [2.75, 3.05) is 44.6 Å². The van der Waals surface area contributed by atoms with Gasteiger partial charge in [-0.1, -0.05) is 55.5 Å². The molecule has 7 heteroatoms. The summed E-state index contributed by atoms with van der Waals surface area (Å²) in [5.41, 5.74) is 4.23. The van der Waals surface area contributed by atoms with Crippen LogP contribution in [0, 0.1) is 13.8 Å². The lowest BCUT2D eigenvalue weighted by atomic mass is 10.1. The fourth-order valence-electron chi connectivity index (χ4n) is 4.45. The van der Waals surface area contributed by atoms with Crippen LogP contribution >= 0.6 is 0 Å². The number of carbonyl (C=O) groups is 2. The second-order valence-corrected chi connectivity index (χ2v) is 8.86. The molecule has 2 aromatic rings. The van der Waals surface area contributed by atoms with Crippen LogP contribution in [0.3, 0.4) is 0 Å². The predicted molar refractivity (Wildman–Crippen MR) is 127 cm³/mol. The summed E-state index contributed by atoms with van der Waals surface area (Å²) in [5.74, 6) is 0.0142. The van der Waals surface area contributed by atoms with Crippen LogP contribution in [0.2, 0.25) is 0 Å². The number of benzene rings is 2. The number of amides is 2. The van der Waals surface area contributed by atoms with Gasteiger partial charge in [0.2, 0.25) is 0 Å². The Hall–Kier alpha value is -2.38. The molecular weight excluding hydrogens is 482 g/mol. The van der Waals surface area contributed by atoms with Crippen molar-refractivity contribution in [3.05, 3.63) is 65.2 Å². The standard InChI is InChI=1S/C26H35N3O3.BrH/c1-4-18-32-26(31)28-14-9-16-29(17-15-28,19-23-12-6-5-7-13-23)20-24(30)27-25-21(2)10-8-11-22(25)3;/h5-8,10-13H,4,9,14-20H2,1-3H3;1H. The van der Waals surface area contributed by atoms with Crippen molar-refractivity contribution in [2.24, 2.45) is 0 Å². The van der Waals surface area contributed by atoms with Gasteiger partial charge in [0.1, 0.15) is 6.54 Å². The fraction of sp³-hybridized carbons (Fsp3) is 0.462. The first-order valence-electron chi connectivity index (χ1n) is 11.6. The molecule has 0 aliphatic carbocycles. The monoisotopic (exact) mass is 517 g/mol. The summed E-state index contributed by atoms with van der Waals surface area (Å²) < 4.78 is 5.98. The van der Waals surface area contributed by atoms with Crippen molar-refractivity contribution >= 4 is 17.7 Å². The molecule has 33 heavy (non-hydrogen) atoms. The Morgan fingerprint density at radius 1 is 1.00 bits per heavy atom. The summed E-state index contributed by atoms with van der Waals surface area (Å²) in [6.45, 7) is 10.4. The summed E-state index contributed by atoms with van der Waals surface area (Å²) in [6, 6.07) is 16.3. The van der Waals surface area contributed by atoms with E-state index in [1.807, 2.05) is 57.2 Å². The van der Waals surface area contributed by atoms with Crippen LogP contribution in [0.4, 0.5) is 10.5 Å². The maximum absolute atomic E-state index is 13.2. The molecule has 1 N–H and O–H groups in total. The Kier molecular flexibility index (Phi) is 10.4. The molecule has 2 amide bonds. The van der Waals surface area contributed by atoms with E-state index in [2.05, 4.69) is 17.4 Å². The zero-order valence-electron chi connectivity index (χ0n) is 20.0. The van der Waals surface area contributed by atoms with Gasteiger partial charge in [-0.05, 0) is 31.4 Å². The second-order valence-electron chi connectivity index (χ2n) is 8.86. The van der Waals surface area contributed by atoms with Crippen molar-refractivity contribution in [3.8, 4) is 0 Å². The normalized spacial score (nSPS) is 18.1. The molecule has 1 aliphatic heterocycles. The number of halogens is 1. The van der Waals surface area contributed by atoms with E-state index in [-0.39, 0.29) is 29.0 Å². The highest BCUT2D eigenvalue weighted by Gasteiger charge is 2.35. The van der Waals surface area contributed by atoms with E-state index in [1.54, 1.807) is 4.90 Å². The molecule has 0 saturated carbocycles. The molecule has 1 atom stereocenters. The number of ether oxygens (including phenoxy) is 1. The van der Waals surface area contributed by atoms with Gasteiger partial charge in [0.25, 0.3) is 5.91 Å². The number of anilines is 1. The van der Waals surface area contributed by atoms with Gasteiger partial charge in [-0.2, -0.15) is 0 Å². The van der Waals surface area contributed by atoms with Crippen LogP contribution in [-0.2, 0) is 16.1 Å². The second kappa shape index (κ2) is 12.8. The highest BCUT2D eigenvalue weighted by atomic mass is 79.9. The number of nitrogens with one attached hydrogen (secondary N) is 1. The van der Waals surface area contributed by atoms with Gasteiger partial charge >= 0.3 is 6.09 Å². The van der Waals surface area contributed by atoms with Gasteiger partial charge in [-0.25, -0.2) is 4.79 Å². The highest BCUT2D eigenvalue weighted by Crippen LogP contribution is 2.22. The van der Waals surface area contributed by atoms with E-state index in [0.29, 0.717) is 30.7 Å². The summed E-state index contributed by atoms with van der Waals surface area (Å²) in [4.78, 5) is 27.4. The molecule has 0 aromatic heterocycles. The summed E-state index contributed by atoms with van der Waals surface area (Å²) in [7, 11) is 0. The Bertz CT molecular complexity index is 902. The number of hydrogen-bond acceptors (Lipinski definition) is 3. The average Bonchev–Trinajstić information content (AvgIpc) is 2.98. The number of hydrogen-bond donors (Lipinski definition) is 1. The van der Waals surface area contributed by atoms with Gasteiger partial charge in [-0.3, -0.25) is 4.79 Å². The molecule has 1 heterocycles. The van der Waals surface area contributed by atoms with Crippen LogP contribution in [-0.4, -0.2) is 60.7 Å². The van der Waals surface area contributed by atoms with Crippen LogP contribution in [0.5, 0.6) is 0 Å². The first-order valence-corrected chi connectivity index (χ1v) is 11.6. The van der Waals surface area contributed by atoms with Crippen molar-refractivity contribution in [1.29, 1.82) is 0 Å². The Balaban J connectivity index is 0.00000385. The molecule has 0 bridgehead atoms. The third kappa shape index (κ3) is 7.57. The highest BCUT2D eigenvalue weighted by molar-refractivity contribution is 5.93.